The van der Waals surface area contributed by atoms with Gasteiger partial charge in [-0.2, -0.15) is 0 Å². The lowest BCUT2D eigenvalue weighted by Crippen LogP contribution is -2.29. The van der Waals surface area contributed by atoms with E-state index in [4.69, 9.17) is 14.2 Å². The largest absolute Gasteiger partial charge is 0.462 e. The molecular weight excluding hydrogens is 813 g/mol. The Labute approximate surface area is 408 Å². The molecule has 0 spiro atoms. The highest BCUT2D eigenvalue weighted by molar-refractivity contribution is 5.71. The van der Waals surface area contributed by atoms with Crippen LogP contribution >= 0.6 is 0 Å². The summed E-state index contributed by atoms with van der Waals surface area (Å²) in [6.45, 7) is 7.48. The van der Waals surface area contributed by atoms with E-state index in [9.17, 15) is 9.59 Å². The predicted molar refractivity (Wildman–Crippen MR) is 288 cm³/mol. The zero-order chi connectivity index (χ0) is 47.7. The molecule has 5 nitrogen and oxygen atoms in total. The van der Waals surface area contributed by atoms with E-state index in [0.717, 1.165) is 89.9 Å². The summed E-state index contributed by atoms with van der Waals surface area (Å²) < 4.78 is 17.3. The van der Waals surface area contributed by atoms with Gasteiger partial charge in [-0.1, -0.05) is 233 Å². The molecule has 0 fully saturated rings. The summed E-state index contributed by atoms with van der Waals surface area (Å²) in [7, 11) is 0. The highest BCUT2D eigenvalue weighted by Gasteiger charge is 2.17. The van der Waals surface area contributed by atoms with Crippen LogP contribution in [-0.2, 0) is 23.8 Å². The quantitative estimate of drug-likeness (QED) is 0.0346. The normalized spacial score (nSPS) is 13.1. The molecule has 1 unspecified atom stereocenters. The standard InChI is InChI=1S/C61H102O5/c1-4-7-10-13-16-19-22-25-28-30-32-35-38-41-44-47-50-53-56-64-57-59(66-61(63)55-52-49-46-43-40-37-33-27-24-21-18-15-12-9-6-3)58-65-60(62)54-51-48-45-42-39-36-34-31-29-26-23-20-17-14-11-8-5-2/h8-9,11-12,17-18,20-21,25-29,33,40,43,49,52,59H,4-7,10,13-16,19,22-24,30-32,34-39,41-42,44-48,50-51,53-58H2,1-3H3/b11-8-,12-9-,20-17-,21-18-,28-25-,29-26-,33-27-,43-40-,52-49-. The van der Waals surface area contributed by atoms with Crippen molar-refractivity contribution in [2.24, 2.45) is 0 Å². The lowest BCUT2D eigenvalue weighted by Gasteiger charge is -2.18. The summed E-state index contributed by atoms with van der Waals surface area (Å²) in [5, 5.41) is 0. The van der Waals surface area contributed by atoms with Crippen LogP contribution in [-0.4, -0.2) is 37.9 Å². The average Bonchev–Trinajstić information content (AvgIpc) is 3.32. The fourth-order valence-electron chi connectivity index (χ4n) is 7.30. The van der Waals surface area contributed by atoms with Crippen molar-refractivity contribution in [3.05, 3.63) is 109 Å². The number of hydrogen-bond acceptors (Lipinski definition) is 5. The van der Waals surface area contributed by atoms with Crippen molar-refractivity contribution >= 4 is 11.9 Å². The van der Waals surface area contributed by atoms with Crippen molar-refractivity contribution in [1.82, 2.24) is 0 Å². The van der Waals surface area contributed by atoms with Gasteiger partial charge in [-0.25, -0.2) is 0 Å². The van der Waals surface area contributed by atoms with Crippen molar-refractivity contribution in [2.75, 3.05) is 19.8 Å². The maximum Gasteiger partial charge on any atom is 0.310 e. The molecule has 0 amide bonds. The molecule has 0 bridgehead atoms. The Bertz CT molecular complexity index is 1310. The van der Waals surface area contributed by atoms with Gasteiger partial charge in [-0.15, -0.1) is 0 Å². The Kier molecular flexibility index (Phi) is 53.0. The van der Waals surface area contributed by atoms with Gasteiger partial charge in [0.1, 0.15) is 6.61 Å². The molecule has 0 aromatic heterocycles. The minimum Gasteiger partial charge on any atom is -0.462 e. The molecule has 5 heteroatoms. The SMILES string of the molecule is CC/C=C\C/C=C\C/C=C\C/C=C\C/C=C\CC(=O)OC(COCCCCCCCCCC/C=C\CCCCCCCC)COC(=O)CCCCCCCCC/C=C\C/C=C\C/C=C\CC. The fraction of sp³-hybridized carbons (Fsp3) is 0.672. The second-order valence-electron chi connectivity index (χ2n) is 17.7. The Morgan fingerprint density at radius 3 is 1.18 bits per heavy atom. The molecule has 0 saturated carbocycles. The monoisotopic (exact) mass is 915 g/mol. The van der Waals surface area contributed by atoms with Crippen LogP contribution in [0.15, 0.2) is 109 Å². The number of esters is 2. The molecule has 0 aliphatic rings. The number of carbonyl (C=O) groups is 2. The number of hydrogen-bond donors (Lipinski definition) is 0. The first-order valence-electron chi connectivity index (χ1n) is 27.4. The van der Waals surface area contributed by atoms with E-state index >= 15 is 0 Å². The van der Waals surface area contributed by atoms with Crippen LogP contribution in [0.1, 0.15) is 239 Å². The Morgan fingerprint density at radius 2 is 0.727 bits per heavy atom. The molecule has 0 saturated heterocycles. The number of unbranched alkanes of at least 4 members (excludes halogenated alkanes) is 21. The molecule has 0 N–H and O–H groups in total. The van der Waals surface area contributed by atoms with E-state index in [2.05, 4.69) is 118 Å². The Hall–Kier alpha value is -3.44. The van der Waals surface area contributed by atoms with Gasteiger partial charge in [-0.3, -0.25) is 9.59 Å². The maximum absolute atomic E-state index is 12.8. The van der Waals surface area contributed by atoms with Crippen molar-refractivity contribution in [3.8, 4) is 0 Å². The number of rotatable bonds is 49. The van der Waals surface area contributed by atoms with Crippen LogP contribution in [0.2, 0.25) is 0 Å². The molecule has 0 aliphatic carbocycles. The first-order chi connectivity index (χ1) is 32.6. The third-order valence-corrected chi connectivity index (χ3v) is 11.3. The van der Waals surface area contributed by atoms with E-state index in [-0.39, 0.29) is 31.6 Å². The topological polar surface area (TPSA) is 61.8 Å². The molecule has 1 atom stereocenters. The molecule has 376 valence electrons. The molecule has 0 rings (SSSR count). The van der Waals surface area contributed by atoms with E-state index < -0.39 is 6.10 Å². The molecule has 0 aromatic rings. The second kappa shape index (κ2) is 55.9. The van der Waals surface area contributed by atoms with Gasteiger partial charge < -0.3 is 14.2 Å². The lowest BCUT2D eigenvalue weighted by molar-refractivity contribution is -0.162. The minimum atomic E-state index is -0.603. The van der Waals surface area contributed by atoms with Gasteiger partial charge in [-0.05, 0) is 103 Å². The summed E-state index contributed by atoms with van der Waals surface area (Å²) >= 11 is 0. The Morgan fingerprint density at radius 1 is 0.364 bits per heavy atom. The zero-order valence-electron chi connectivity index (χ0n) is 43.2. The van der Waals surface area contributed by atoms with E-state index in [1.807, 2.05) is 12.2 Å². The average molecular weight is 915 g/mol. The minimum absolute atomic E-state index is 0.0339. The van der Waals surface area contributed by atoms with E-state index in [1.54, 1.807) is 0 Å². The van der Waals surface area contributed by atoms with Gasteiger partial charge in [0.15, 0.2) is 6.10 Å². The van der Waals surface area contributed by atoms with Crippen LogP contribution in [0, 0.1) is 0 Å². The molecule has 66 heavy (non-hydrogen) atoms. The van der Waals surface area contributed by atoms with Crippen LogP contribution < -0.4 is 0 Å². The predicted octanol–water partition coefficient (Wildman–Crippen LogP) is 18.8. The molecule has 0 aliphatic heterocycles. The molecule has 0 radical (unpaired) electrons. The molecule has 0 aromatic carbocycles. The first kappa shape index (κ1) is 62.6. The van der Waals surface area contributed by atoms with Crippen molar-refractivity contribution in [3.63, 3.8) is 0 Å². The summed E-state index contributed by atoms with van der Waals surface area (Å²) in [6, 6.07) is 0. The highest BCUT2D eigenvalue weighted by atomic mass is 16.6. The number of carbonyl (C=O) groups excluding carboxylic acids is 2. The van der Waals surface area contributed by atoms with Crippen LogP contribution in [0.4, 0.5) is 0 Å². The van der Waals surface area contributed by atoms with Gasteiger partial charge >= 0.3 is 11.9 Å². The summed E-state index contributed by atoms with van der Waals surface area (Å²) in [4.78, 5) is 25.4. The van der Waals surface area contributed by atoms with Crippen LogP contribution in [0.5, 0.6) is 0 Å². The number of ether oxygens (including phenoxy) is 3. The summed E-state index contributed by atoms with van der Waals surface area (Å²) in [6.07, 6.45) is 77.0. The smallest absolute Gasteiger partial charge is 0.310 e. The zero-order valence-corrected chi connectivity index (χ0v) is 43.2. The van der Waals surface area contributed by atoms with Crippen molar-refractivity contribution < 1.29 is 23.8 Å². The van der Waals surface area contributed by atoms with Gasteiger partial charge in [0.2, 0.25) is 0 Å². The first-order valence-corrected chi connectivity index (χ1v) is 27.4. The molecule has 0 heterocycles. The third kappa shape index (κ3) is 53.2. The van der Waals surface area contributed by atoms with Gasteiger partial charge in [0, 0.05) is 13.0 Å². The van der Waals surface area contributed by atoms with Crippen molar-refractivity contribution in [1.29, 1.82) is 0 Å². The van der Waals surface area contributed by atoms with Gasteiger partial charge in [0.05, 0.1) is 13.0 Å². The Balaban J connectivity index is 4.40. The van der Waals surface area contributed by atoms with Crippen molar-refractivity contribution in [2.45, 2.75) is 245 Å². The number of allylic oxidation sites excluding steroid dienone is 17. The second-order valence-corrected chi connectivity index (χ2v) is 17.7. The van der Waals surface area contributed by atoms with Crippen LogP contribution in [0.25, 0.3) is 0 Å². The molecular formula is C61H102O5. The highest BCUT2D eigenvalue weighted by Crippen LogP contribution is 2.13. The maximum atomic E-state index is 12.8. The fourth-order valence-corrected chi connectivity index (χ4v) is 7.30. The van der Waals surface area contributed by atoms with Gasteiger partial charge in [0.25, 0.3) is 0 Å². The van der Waals surface area contributed by atoms with E-state index in [0.29, 0.717) is 13.0 Å². The third-order valence-electron chi connectivity index (χ3n) is 11.3. The lowest BCUT2D eigenvalue weighted by atomic mass is 10.1. The van der Waals surface area contributed by atoms with Crippen LogP contribution in [0.3, 0.4) is 0 Å². The summed E-state index contributed by atoms with van der Waals surface area (Å²) in [5.41, 5.74) is 0. The van der Waals surface area contributed by atoms with E-state index in [1.165, 1.54) is 116 Å². The summed E-state index contributed by atoms with van der Waals surface area (Å²) in [5.74, 6) is -0.558.